The Balaban J connectivity index is 2.38. The molecule has 2 N–H and O–H groups in total. The van der Waals surface area contributed by atoms with Crippen molar-refractivity contribution in [2.75, 3.05) is 12.4 Å². The molecular weight excluding hydrogens is 218 g/mol. The van der Waals surface area contributed by atoms with Gasteiger partial charge in [0.2, 0.25) is 5.91 Å². The highest BCUT2D eigenvalue weighted by molar-refractivity contribution is 8.00. The number of rotatable bonds is 2. The lowest BCUT2D eigenvalue weighted by Gasteiger charge is -2.48. The van der Waals surface area contributed by atoms with Crippen LogP contribution in [0.25, 0.3) is 0 Å². The number of hydrogen-bond donors (Lipinski definition) is 2. The van der Waals surface area contributed by atoms with E-state index >= 15 is 0 Å². The number of nitrogens with zero attached hydrogens (tertiary/aromatic N) is 1. The maximum absolute atomic E-state index is 11.5. The average Bonchev–Trinajstić information content (AvgIpc) is 2.25. The second-order valence-electron chi connectivity index (χ2n) is 3.61. The van der Waals surface area contributed by atoms with Gasteiger partial charge in [0, 0.05) is 5.75 Å². The van der Waals surface area contributed by atoms with Crippen LogP contribution < -0.4 is 0 Å². The number of carboxylic acid groups (broad SMARTS) is 1. The zero-order valence-electron chi connectivity index (χ0n) is 8.14. The molecule has 0 bridgehead atoms. The van der Waals surface area contributed by atoms with Crippen molar-refractivity contribution in [2.45, 2.75) is 12.3 Å². The second kappa shape index (κ2) is 3.53. The van der Waals surface area contributed by atoms with Crippen LogP contribution in [-0.2, 0) is 9.59 Å². The standard InChI is InChI=1S/C9H11NO4S/c1-4-7(12)10-6(9(13)14)5(2-11)3-15-8(4)10/h4,8,11H,2-3H2,1H3,(H,13,14)/t4-,8-/m1/s1. The minimum Gasteiger partial charge on any atom is -0.477 e. The SMILES string of the molecule is C[C@@H]1C(=O)N2C(C(=O)O)=C(CO)CS[C@H]12. The Labute approximate surface area is 90.8 Å². The number of hydrogen-bond acceptors (Lipinski definition) is 4. The molecule has 15 heavy (non-hydrogen) atoms. The number of fused-ring (bicyclic) bond motifs is 1. The first kappa shape index (κ1) is 10.5. The number of carbonyl (C=O) groups excluding carboxylic acids is 1. The lowest BCUT2D eigenvalue weighted by atomic mass is 9.98. The third kappa shape index (κ3) is 1.36. The van der Waals surface area contributed by atoms with Gasteiger partial charge in [0.25, 0.3) is 0 Å². The van der Waals surface area contributed by atoms with E-state index in [4.69, 9.17) is 10.2 Å². The number of aliphatic carboxylic acids is 1. The Kier molecular flexibility index (Phi) is 2.47. The smallest absolute Gasteiger partial charge is 0.352 e. The van der Waals surface area contributed by atoms with Crippen LogP contribution >= 0.6 is 11.8 Å². The predicted molar refractivity (Wildman–Crippen MR) is 54.0 cm³/mol. The van der Waals surface area contributed by atoms with Crippen molar-refractivity contribution < 1.29 is 19.8 Å². The highest BCUT2D eigenvalue weighted by Gasteiger charge is 2.50. The zero-order chi connectivity index (χ0) is 11.2. The molecule has 1 amide bonds. The Morgan fingerprint density at radius 1 is 1.67 bits per heavy atom. The summed E-state index contributed by atoms with van der Waals surface area (Å²) in [5.74, 6) is -0.943. The summed E-state index contributed by atoms with van der Waals surface area (Å²) < 4.78 is 0. The van der Waals surface area contributed by atoms with E-state index in [2.05, 4.69) is 0 Å². The van der Waals surface area contributed by atoms with E-state index in [1.807, 2.05) is 0 Å². The van der Waals surface area contributed by atoms with Gasteiger partial charge >= 0.3 is 5.97 Å². The van der Waals surface area contributed by atoms with E-state index < -0.39 is 5.97 Å². The summed E-state index contributed by atoms with van der Waals surface area (Å²) in [6.07, 6.45) is 0. The van der Waals surface area contributed by atoms with Gasteiger partial charge in [0.05, 0.1) is 17.9 Å². The van der Waals surface area contributed by atoms with Crippen LogP contribution in [0, 0.1) is 5.92 Å². The Morgan fingerprint density at radius 3 is 2.87 bits per heavy atom. The number of amides is 1. The fourth-order valence-corrected chi connectivity index (χ4v) is 3.23. The minimum atomic E-state index is -1.13. The van der Waals surface area contributed by atoms with Crippen LogP contribution in [0.2, 0.25) is 0 Å². The summed E-state index contributed by atoms with van der Waals surface area (Å²) in [7, 11) is 0. The molecule has 0 aromatic carbocycles. The van der Waals surface area contributed by atoms with E-state index in [1.165, 1.54) is 16.7 Å². The molecule has 2 aliphatic rings. The topological polar surface area (TPSA) is 77.8 Å². The molecule has 5 nitrogen and oxygen atoms in total. The lowest BCUT2D eigenvalue weighted by Crippen LogP contribution is -2.60. The lowest BCUT2D eigenvalue weighted by molar-refractivity contribution is -0.151. The molecule has 0 saturated carbocycles. The molecule has 2 aliphatic heterocycles. The third-order valence-corrected chi connectivity index (χ3v) is 4.18. The van der Waals surface area contributed by atoms with Gasteiger partial charge in [-0.2, -0.15) is 0 Å². The monoisotopic (exact) mass is 229 g/mol. The molecule has 0 spiro atoms. The molecule has 2 atom stereocenters. The number of aliphatic hydroxyl groups is 1. The van der Waals surface area contributed by atoms with Crippen LogP contribution in [-0.4, -0.2) is 44.7 Å². The van der Waals surface area contributed by atoms with Crippen molar-refractivity contribution in [3.8, 4) is 0 Å². The molecule has 0 aromatic heterocycles. The highest BCUT2D eigenvalue weighted by Crippen LogP contribution is 2.43. The molecule has 1 fully saturated rings. The molecule has 0 radical (unpaired) electrons. The van der Waals surface area contributed by atoms with E-state index in [0.717, 1.165) is 0 Å². The number of thioether (sulfide) groups is 1. The van der Waals surface area contributed by atoms with Crippen LogP contribution in [0.3, 0.4) is 0 Å². The van der Waals surface area contributed by atoms with Crippen LogP contribution in [0.5, 0.6) is 0 Å². The summed E-state index contributed by atoms with van der Waals surface area (Å²) in [4.78, 5) is 23.8. The molecule has 2 rings (SSSR count). The average molecular weight is 229 g/mol. The van der Waals surface area contributed by atoms with Crippen molar-refractivity contribution in [3.63, 3.8) is 0 Å². The van der Waals surface area contributed by atoms with Crippen LogP contribution in [0.1, 0.15) is 6.92 Å². The fourth-order valence-electron chi connectivity index (χ4n) is 1.86. The van der Waals surface area contributed by atoms with Crippen molar-refractivity contribution in [2.24, 2.45) is 5.92 Å². The van der Waals surface area contributed by atoms with Crippen molar-refractivity contribution in [1.29, 1.82) is 0 Å². The van der Waals surface area contributed by atoms with E-state index in [1.54, 1.807) is 6.92 Å². The first-order chi connectivity index (χ1) is 7.07. The number of carboxylic acids is 1. The Morgan fingerprint density at radius 2 is 2.33 bits per heavy atom. The molecule has 2 heterocycles. The first-order valence-corrected chi connectivity index (χ1v) is 5.63. The summed E-state index contributed by atoms with van der Waals surface area (Å²) in [5, 5.41) is 17.9. The van der Waals surface area contributed by atoms with Gasteiger partial charge in [0.15, 0.2) is 0 Å². The largest absolute Gasteiger partial charge is 0.477 e. The molecular formula is C9H11NO4S. The Bertz CT molecular complexity index is 365. The van der Waals surface area contributed by atoms with Gasteiger partial charge < -0.3 is 10.2 Å². The van der Waals surface area contributed by atoms with Gasteiger partial charge in [-0.05, 0) is 5.57 Å². The summed E-state index contributed by atoms with van der Waals surface area (Å²) in [6.45, 7) is 1.49. The summed E-state index contributed by atoms with van der Waals surface area (Å²) >= 11 is 1.50. The summed E-state index contributed by atoms with van der Waals surface area (Å²) in [5.41, 5.74) is 0.397. The van der Waals surface area contributed by atoms with E-state index in [-0.39, 0.29) is 29.5 Å². The quantitative estimate of drug-likeness (QED) is 0.645. The second-order valence-corrected chi connectivity index (χ2v) is 4.72. The maximum Gasteiger partial charge on any atom is 0.352 e. The molecule has 6 heteroatoms. The number of β-lactam (4-membered cyclic amide) rings is 1. The van der Waals surface area contributed by atoms with Gasteiger partial charge in [-0.1, -0.05) is 6.92 Å². The Hall–Kier alpha value is -1.01. The maximum atomic E-state index is 11.5. The fraction of sp³-hybridized carbons (Fsp3) is 0.556. The molecule has 0 unspecified atom stereocenters. The highest BCUT2D eigenvalue weighted by atomic mass is 32.2. The third-order valence-electron chi connectivity index (χ3n) is 2.71. The molecule has 82 valence electrons. The van der Waals surface area contributed by atoms with E-state index in [9.17, 15) is 9.59 Å². The molecule has 0 aliphatic carbocycles. The van der Waals surface area contributed by atoms with Gasteiger partial charge in [0.1, 0.15) is 5.70 Å². The van der Waals surface area contributed by atoms with Crippen molar-refractivity contribution in [3.05, 3.63) is 11.3 Å². The number of aliphatic hydroxyl groups excluding tert-OH is 1. The van der Waals surface area contributed by atoms with Gasteiger partial charge in [-0.3, -0.25) is 9.69 Å². The summed E-state index contributed by atoms with van der Waals surface area (Å²) in [6, 6.07) is 0. The van der Waals surface area contributed by atoms with Gasteiger partial charge in [-0.25, -0.2) is 4.79 Å². The van der Waals surface area contributed by atoms with Crippen LogP contribution in [0.4, 0.5) is 0 Å². The predicted octanol–water partition coefficient (Wildman–Crippen LogP) is -0.131. The van der Waals surface area contributed by atoms with Gasteiger partial charge in [-0.15, -0.1) is 11.8 Å². The van der Waals surface area contributed by atoms with Crippen molar-refractivity contribution >= 4 is 23.6 Å². The molecule has 1 saturated heterocycles. The minimum absolute atomic E-state index is 0.0237. The first-order valence-electron chi connectivity index (χ1n) is 4.58. The van der Waals surface area contributed by atoms with E-state index in [0.29, 0.717) is 11.3 Å². The zero-order valence-corrected chi connectivity index (χ0v) is 8.95. The normalized spacial score (nSPS) is 30.0. The molecule has 0 aromatic rings. The van der Waals surface area contributed by atoms with Crippen LogP contribution in [0.15, 0.2) is 11.3 Å². The number of carbonyl (C=O) groups is 2. The van der Waals surface area contributed by atoms with Crippen molar-refractivity contribution in [1.82, 2.24) is 4.90 Å².